The van der Waals surface area contributed by atoms with Crippen LogP contribution in [0, 0.1) is 0 Å². The Bertz CT molecular complexity index is 847. The smallest absolute Gasteiger partial charge is 0.138 e. The van der Waals surface area contributed by atoms with Gasteiger partial charge in [-0.05, 0) is 44.5 Å². The average Bonchev–Trinajstić information content (AvgIpc) is 3.36. The Hall–Kier alpha value is -2.66. The van der Waals surface area contributed by atoms with E-state index in [0.717, 1.165) is 36.8 Å². The number of hydrogen-bond acceptors (Lipinski definition) is 4. The molecule has 0 saturated carbocycles. The Morgan fingerprint density at radius 3 is 2.92 bits per heavy atom. The second-order valence-corrected chi connectivity index (χ2v) is 6.56. The molecule has 1 fully saturated rings. The highest BCUT2D eigenvalue weighted by Crippen LogP contribution is 2.34. The molecule has 5 heteroatoms. The number of nitrogens with zero attached hydrogens (tertiary/aromatic N) is 4. The van der Waals surface area contributed by atoms with Crippen molar-refractivity contribution in [1.29, 1.82) is 0 Å². The standard InChI is InChI=1S/C21H24N4O/c1-2-26-20-10-4-3-7-17(20)15-24-13-6-9-19(24)18-8-5-11-21(23-18)25-14-12-22-16-25/h3-5,7-8,10-12,14,16,19H,2,6,9,13,15H2,1H3/t19-/m0/s1. The summed E-state index contributed by atoms with van der Waals surface area (Å²) >= 11 is 0. The molecule has 1 atom stereocenters. The van der Waals surface area contributed by atoms with Gasteiger partial charge in [0.05, 0.1) is 18.3 Å². The molecule has 0 unspecified atom stereocenters. The van der Waals surface area contributed by atoms with E-state index in [0.29, 0.717) is 12.6 Å². The summed E-state index contributed by atoms with van der Waals surface area (Å²) in [4.78, 5) is 11.5. The van der Waals surface area contributed by atoms with Crippen LogP contribution in [-0.2, 0) is 6.54 Å². The Kier molecular flexibility index (Phi) is 4.97. The van der Waals surface area contributed by atoms with Crippen molar-refractivity contribution in [2.75, 3.05) is 13.2 Å². The molecule has 0 radical (unpaired) electrons. The number of hydrogen-bond donors (Lipinski definition) is 0. The number of imidazole rings is 1. The molecule has 2 aromatic heterocycles. The van der Waals surface area contributed by atoms with E-state index in [4.69, 9.17) is 9.72 Å². The van der Waals surface area contributed by atoms with Crippen LogP contribution in [-0.4, -0.2) is 32.6 Å². The van der Waals surface area contributed by atoms with Crippen LogP contribution in [0.3, 0.4) is 0 Å². The molecule has 3 aromatic rings. The largest absolute Gasteiger partial charge is 0.494 e. The van der Waals surface area contributed by atoms with Crippen molar-refractivity contribution in [1.82, 2.24) is 19.4 Å². The monoisotopic (exact) mass is 348 g/mol. The van der Waals surface area contributed by atoms with Gasteiger partial charge < -0.3 is 4.74 Å². The van der Waals surface area contributed by atoms with Gasteiger partial charge in [-0.1, -0.05) is 24.3 Å². The highest BCUT2D eigenvalue weighted by molar-refractivity contribution is 5.34. The van der Waals surface area contributed by atoms with E-state index in [2.05, 4.69) is 40.2 Å². The highest BCUT2D eigenvalue weighted by atomic mass is 16.5. The molecule has 5 nitrogen and oxygen atoms in total. The zero-order valence-electron chi connectivity index (χ0n) is 15.1. The molecule has 0 aliphatic carbocycles. The van der Waals surface area contributed by atoms with E-state index in [9.17, 15) is 0 Å². The van der Waals surface area contributed by atoms with Gasteiger partial charge in [0, 0.05) is 24.5 Å². The van der Waals surface area contributed by atoms with Gasteiger partial charge in [-0.3, -0.25) is 9.47 Å². The molecule has 1 aliphatic rings. The minimum absolute atomic E-state index is 0.341. The number of para-hydroxylation sites is 1. The molecule has 0 bridgehead atoms. The first kappa shape index (κ1) is 16.8. The van der Waals surface area contributed by atoms with Crippen molar-refractivity contribution in [3.8, 4) is 11.6 Å². The van der Waals surface area contributed by atoms with E-state index >= 15 is 0 Å². The van der Waals surface area contributed by atoms with Gasteiger partial charge in [0.1, 0.15) is 17.9 Å². The van der Waals surface area contributed by atoms with Crippen molar-refractivity contribution < 1.29 is 4.74 Å². The van der Waals surface area contributed by atoms with Crippen LogP contribution in [0.25, 0.3) is 5.82 Å². The zero-order chi connectivity index (χ0) is 17.8. The maximum Gasteiger partial charge on any atom is 0.138 e. The van der Waals surface area contributed by atoms with Crippen LogP contribution in [0.1, 0.15) is 37.1 Å². The minimum atomic E-state index is 0.341. The van der Waals surface area contributed by atoms with E-state index in [1.165, 1.54) is 12.0 Å². The van der Waals surface area contributed by atoms with E-state index in [1.807, 2.05) is 29.8 Å². The number of pyridine rings is 1. The van der Waals surface area contributed by atoms with E-state index in [-0.39, 0.29) is 0 Å². The first-order valence-corrected chi connectivity index (χ1v) is 9.25. The summed E-state index contributed by atoms with van der Waals surface area (Å²) in [6.07, 6.45) is 7.82. The minimum Gasteiger partial charge on any atom is -0.494 e. The Morgan fingerprint density at radius 1 is 1.15 bits per heavy atom. The number of rotatable bonds is 6. The Labute approximate surface area is 154 Å². The maximum absolute atomic E-state index is 5.80. The van der Waals surface area contributed by atoms with Crippen molar-refractivity contribution in [2.45, 2.75) is 32.4 Å². The third-order valence-corrected chi connectivity index (χ3v) is 4.88. The maximum atomic E-state index is 5.80. The fourth-order valence-electron chi connectivity index (χ4n) is 3.66. The van der Waals surface area contributed by atoms with Gasteiger partial charge in [0.25, 0.3) is 0 Å². The van der Waals surface area contributed by atoms with Crippen LogP contribution in [0.2, 0.25) is 0 Å². The normalized spacial score (nSPS) is 17.5. The predicted octanol–water partition coefficient (Wildman–Crippen LogP) is 4.00. The Morgan fingerprint density at radius 2 is 2.08 bits per heavy atom. The Balaban J connectivity index is 1.57. The van der Waals surface area contributed by atoms with Crippen LogP contribution in [0.4, 0.5) is 0 Å². The highest BCUT2D eigenvalue weighted by Gasteiger charge is 2.28. The lowest BCUT2D eigenvalue weighted by Crippen LogP contribution is -2.24. The van der Waals surface area contributed by atoms with Gasteiger partial charge in [-0.2, -0.15) is 0 Å². The fraction of sp³-hybridized carbons (Fsp3) is 0.333. The molecule has 0 amide bonds. The molecule has 1 aliphatic heterocycles. The molecular formula is C21H24N4O. The van der Waals surface area contributed by atoms with Gasteiger partial charge in [-0.25, -0.2) is 9.97 Å². The SMILES string of the molecule is CCOc1ccccc1CN1CCC[C@H]1c1cccc(-n2ccnc2)n1. The van der Waals surface area contributed by atoms with Crippen molar-refractivity contribution in [3.63, 3.8) is 0 Å². The summed E-state index contributed by atoms with van der Waals surface area (Å²) in [5.74, 6) is 1.90. The summed E-state index contributed by atoms with van der Waals surface area (Å²) < 4.78 is 7.76. The van der Waals surface area contributed by atoms with E-state index < -0.39 is 0 Å². The summed E-state index contributed by atoms with van der Waals surface area (Å²) in [5, 5.41) is 0. The predicted molar refractivity (Wildman–Crippen MR) is 101 cm³/mol. The summed E-state index contributed by atoms with van der Waals surface area (Å²) in [6, 6.07) is 14.9. The lowest BCUT2D eigenvalue weighted by molar-refractivity contribution is 0.238. The summed E-state index contributed by atoms with van der Waals surface area (Å²) in [7, 11) is 0. The fourth-order valence-corrected chi connectivity index (χ4v) is 3.66. The van der Waals surface area contributed by atoms with Gasteiger partial charge in [0.2, 0.25) is 0 Å². The third kappa shape index (κ3) is 3.48. The zero-order valence-corrected chi connectivity index (χ0v) is 15.1. The second kappa shape index (κ2) is 7.70. The summed E-state index contributed by atoms with van der Waals surface area (Å²) in [6.45, 7) is 4.69. The molecule has 1 aromatic carbocycles. The van der Waals surface area contributed by atoms with Gasteiger partial charge in [-0.15, -0.1) is 0 Å². The number of aromatic nitrogens is 3. The lowest BCUT2D eigenvalue weighted by Gasteiger charge is -2.25. The van der Waals surface area contributed by atoms with Gasteiger partial charge in [0.15, 0.2) is 0 Å². The molecular weight excluding hydrogens is 324 g/mol. The average molecular weight is 348 g/mol. The molecule has 3 heterocycles. The topological polar surface area (TPSA) is 43.2 Å². The summed E-state index contributed by atoms with van der Waals surface area (Å²) in [5.41, 5.74) is 2.37. The first-order chi connectivity index (χ1) is 12.8. The molecule has 0 spiro atoms. The van der Waals surface area contributed by atoms with Crippen LogP contribution >= 0.6 is 0 Å². The first-order valence-electron chi connectivity index (χ1n) is 9.25. The van der Waals surface area contributed by atoms with Crippen LogP contribution in [0.5, 0.6) is 5.75 Å². The van der Waals surface area contributed by atoms with Crippen molar-refractivity contribution in [2.24, 2.45) is 0 Å². The molecule has 26 heavy (non-hydrogen) atoms. The quantitative estimate of drug-likeness (QED) is 0.675. The molecule has 4 rings (SSSR count). The van der Waals surface area contributed by atoms with Crippen LogP contribution < -0.4 is 4.74 Å². The van der Waals surface area contributed by atoms with Gasteiger partial charge >= 0.3 is 0 Å². The van der Waals surface area contributed by atoms with Crippen LogP contribution in [0.15, 0.2) is 61.2 Å². The lowest BCUT2D eigenvalue weighted by atomic mass is 10.1. The molecule has 1 saturated heterocycles. The van der Waals surface area contributed by atoms with Crippen molar-refractivity contribution in [3.05, 3.63) is 72.4 Å². The number of benzene rings is 1. The third-order valence-electron chi connectivity index (χ3n) is 4.88. The molecule has 0 N–H and O–H groups in total. The van der Waals surface area contributed by atoms with E-state index in [1.54, 1.807) is 12.5 Å². The second-order valence-electron chi connectivity index (χ2n) is 6.56. The van der Waals surface area contributed by atoms with Crippen molar-refractivity contribution >= 4 is 0 Å². The number of ether oxygens (including phenoxy) is 1. The number of likely N-dealkylation sites (tertiary alicyclic amines) is 1. The molecule has 134 valence electrons.